The molecule has 1 fully saturated rings. The summed E-state index contributed by atoms with van der Waals surface area (Å²) < 4.78 is 15.7. The summed E-state index contributed by atoms with van der Waals surface area (Å²) in [5.74, 6) is 1.24. The molecule has 1 aliphatic rings. The highest BCUT2D eigenvalue weighted by Crippen LogP contribution is 2.32. The van der Waals surface area contributed by atoms with Crippen LogP contribution in [-0.2, 0) is 4.74 Å². The first kappa shape index (κ1) is 14.5. The van der Waals surface area contributed by atoms with Gasteiger partial charge in [-0.25, -0.2) is 4.79 Å². The zero-order valence-corrected chi connectivity index (χ0v) is 12.1. The van der Waals surface area contributed by atoms with Gasteiger partial charge in [-0.05, 0) is 18.6 Å². The third kappa shape index (κ3) is 3.14. The van der Waals surface area contributed by atoms with Gasteiger partial charge in [0.15, 0.2) is 11.5 Å². The second kappa shape index (κ2) is 6.47. The number of urea groups is 1. The molecule has 0 bridgehead atoms. The number of morpholine rings is 1. The smallest absolute Gasteiger partial charge is 0.322 e. The first-order valence-corrected chi connectivity index (χ1v) is 6.52. The molecule has 1 aromatic carbocycles. The first-order valence-electron chi connectivity index (χ1n) is 6.52. The van der Waals surface area contributed by atoms with Crippen LogP contribution in [0.25, 0.3) is 0 Å². The van der Waals surface area contributed by atoms with Gasteiger partial charge >= 0.3 is 6.03 Å². The molecular formula is C14H20N2O4. The van der Waals surface area contributed by atoms with Crippen LogP contribution in [0.5, 0.6) is 11.5 Å². The molecule has 1 aliphatic heterocycles. The van der Waals surface area contributed by atoms with E-state index in [2.05, 4.69) is 5.32 Å². The average molecular weight is 280 g/mol. The Hall–Kier alpha value is -1.95. The van der Waals surface area contributed by atoms with Gasteiger partial charge in [0, 0.05) is 24.8 Å². The van der Waals surface area contributed by atoms with Crippen molar-refractivity contribution in [2.45, 2.75) is 6.92 Å². The maximum Gasteiger partial charge on any atom is 0.322 e. The molecule has 0 aliphatic carbocycles. The Morgan fingerprint density at radius 2 is 1.80 bits per heavy atom. The number of ether oxygens (including phenoxy) is 3. The quantitative estimate of drug-likeness (QED) is 0.918. The lowest BCUT2D eigenvalue weighted by Crippen LogP contribution is -2.43. The van der Waals surface area contributed by atoms with Crippen LogP contribution >= 0.6 is 0 Å². The summed E-state index contributed by atoms with van der Waals surface area (Å²) in [5, 5.41) is 2.90. The highest BCUT2D eigenvalue weighted by molar-refractivity contribution is 5.90. The summed E-state index contributed by atoms with van der Waals surface area (Å²) in [5.41, 5.74) is 1.64. The predicted molar refractivity (Wildman–Crippen MR) is 75.7 cm³/mol. The standard InChI is InChI=1S/C14H20N2O4/c1-10-8-12(18-2)13(19-3)9-11(10)15-14(17)16-4-6-20-7-5-16/h8-9H,4-7H2,1-3H3,(H,15,17). The van der Waals surface area contributed by atoms with Gasteiger partial charge in [0.2, 0.25) is 0 Å². The molecule has 110 valence electrons. The van der Waals surface area contributed by atoms with Crippen LogP contribution in [0.2, 0.25) is 0 Å². The topological polar surface area (TPSA) is 60.0 Å². The number of carbonyl (C=O) groups excluding carboxylic acids is 1. The van der Waals surface area contributed by atoms with E-state index in [1.165, 1.54) is 0 Å². The molecule has 0 saturated carbocycles. The lowest BCUT2D eigenvalue weighted by Gasteiger charge is -2.27. The molecule has 0 radical (unpaired) electrons. The molecule has 1 aromatic rings. The molecule has 0 spiro atoms. The number of hydrogen-bond donors (Lipinski definition) is 1. The van der Waals surface area contributed by atoms with Crippen LogP contribution in [0.15, 0.2) is 12.1 Å². The summed E-state index contributed by atoms with van der Waals surface area (Å²) in [6, 6.07) is 3.49. The van der Waals surface area contributed by atoms with E-state index in [1.54, 1.807) is 25.2 Å². The van der Waals surface area contributed by atoms with E-state index in [1.807, 2.05) is 13.0 Å². The van der Waals surface area contributed by atoms with Gasteiger partial charge in [0.05, 0.1) is 27.4 Å². The summed E-state index contributed by atoms with van der Waals surface area (Å²) in [7, 11) is 3.16. The molecule has 0 atom stereocenters. The van der Waals surface area contributed by atoms with Crippen molar-refractivity contribution < 1.29 is 19.0 Å². The first-order chi connectivity index (χ1) is 9.65. The summed E-state index contributed by atoms with van der Waals surface area (Å²) in [6.45, 7) is 4.30. The van der Waals surface area contributed by atoms with E-state index in [0.717, 1.165) is 11.3 Å². The Morgan fingerprint density at radius 3 is 2.40 bits per heavy atom. The Labute approximate surface area is 118 Å². The monoisotopic (exact) mass is 280 g/mol. The number of amides is 2. The molecule has 2 rings (SSSR count). The molecule has 1 heterocycles. The van der Waals surface area contributed by atoms with Crippen molar-refractivity contribution >= 4 is 11.7 Å². The minimum Gasteiger partial charge on any atom is -0.493 e. The number of nitrogens with zero attached hydrogens (tertiary/aromatic N) is 1. The number of carbonyl (C=O) groups is 1. The Bertz CT molecular complexity index is 484. The van der Waals surface area contributed by atoms with Crippen molar-refractivity contribution in [1.82, 2.24) is 4.90 Å². The van der Waals surface area contributed by atoms with Gasteiger partial charge in [-0.15, -0.1) is 0 Å². The van der Waals surface area contributed by atoms with Crippen molar-refractivity contribution in [3.63, 3.8) is 0 Å². The molecule has 1 saturated heterocycles. The molecular weight excluding hydrogens is 260 g/mol. The maximum absolute atomic E-state index is 12.2. The number of anilines is 1. The number of rotatable bonds is 3. The second-order valence-electron chi connectivity index (χ2n) is 4.55. The molecule has 6 nitrogen and oxygen atoms in total. The number of hydrogen-bond acceptors (Lipinski definition) is 4. The number of nitrogens with one attached hydrogen (secondary N) is 1. The van der Waals surface area contributed by atoms with E-state index in [-0.39, 0.29) is 6.03 Å². The fourth-order valence-electron chi connectivity index (χ4n) is 2.08. The third-order valence-electron chi connectivity index (χ3n) is 3.27. The average Bonchev–Trinajstić information content (AvgIpc) is 2.49. The van der Waals surface area contributed by atoms with Crippen molar-refractivity contribution in [2.24, 2.45) is 0 Å². The van der Waals surface area contributed by atoms with Gasteiger partial charge < -0.3 is 24.4 Å². The Morgan fingerprint density at radius 1 is 1.20 bits per heavy atom. The van der Waals surface area contributed by atoms with Crippen LogP contribution < -0.4 is 14.8 Å². The van der Waals surface area contributed by atoms with E-state index in [9.17, 15) is 4.79 Å². The Kier molecular flexibility index (Phi) is 4.68. The number of benzene rings is 1. The fourth-order valence-corrected chi connectivity index (χ4v) is 2.08. The van der Waals surface area contributed by atoms with E-state index in [4.69, 9.17) is 14.2 Å². The molecule has 2 amide bonds. The van der Waals surface area contributed by atoms with Crippen LogP contribution in [0, 0.1) is 6.92 Å². The predicted octanol–water partition coefficient (Wildman–Crippen LogP) is 1.88. The third-order valence-corrected chi connectivity index (χ3v) is 3.27. The molecule has 1 N–H and O–H groups in total. The van der Waals surface area contributed by atoms with E-state index in [0.29, 0.717) is 37.8 Å². The van der Waals surface area contributed by atoms with Crippen LogP contribution in [0.4, 0.5) is 10.5 Å². The molecule has 20 heavy (non-hydrogen) atoms. The lowest BCUT2D eigenvalue weighted by molar-refractivity contribution is 0.0564. The van der Waals surface area contributed by atoms with E-state index >= 15 is 0 Å². The zero-order chi connectivity index (χ0) is 14.5. The van der Waals surface area contributed by atoms with Crippen molar-refractivity contribution in [1.29, 1.82) is 0 Å². The van der Waals surface area contributed by atoms with Crippen LogP contribution in [-0.4, -0.2) is 51.5 Å². The normalized spacial score (nSPS) is 14.8. The SMILES string of the molecule is COc1cc(C)c(NC(=O)N2CCOCC2)cc1OC. The Balaban J connectivity index is 2.13. The number of methoxy groups -OCH3 is 2. The summed E-state index contributed by atoms with van der Waals surface area (Å²) in [6.07, 6.45) is 0. The van der Waals surface area contributed by atoms with E-state index < -0.39 is 0 Å². The second-order valence-corrected chi connectivity index (χ2v) is 4.55. The van der Waals surface area contributed by atoms with Gasteiger partial charge in [-0.3, -0.25) is 0 Å². The van der Waals surface area contributed by atoms with Crippen LogP contribution in [0.3, 0.4) is 0 Å². The lowest BCUT2D eigenvalue weighted by atomic mass is 10.1. The highest BCUT2D eigenvalue weighted by Gasteiger charge is 2.18. The number of aryl methyl sites for hydroxylation is 1. The molecule has 0 unspecified atom stereocenters. The maximum atomic E-state index is 12.2. The zero-order valence-electron chi connectivity index (χ0n) is 12.1. The summed E-state index contributed by atoms with van der Waals surface area (Å²) in [4.78, 5) is 13.9. The van der Waals surface area contributed by atoms with Crippen LogP contribution in [0.1, 0.15) is 5.56 Å². The minimum absolute atomic E-state index is 0.122. The molecule has 0 aromatic heterocycles. The van der Waals surface area contributed by atoms with Gasteiger partial charge in [-0.1, -0.05) is 0 Å². The molecule has 6 heteroatoms. The van der Waals surface area contributed by atoms with Gasteiger partial charge in [0.1, 0.15) is 0 Å². The van der Waals surface area contributed by atoms with Crippen molar-refractivity contribution in [3.05, 3.63) is 17.7 Å². The van der Waals surface area contributed by atoms with Gasteiger partial charge in [0.25, 0.3) is 0 Å². The highest BCUT2D eigenvalue weighted by atomic mass is 16.5. The van der Waals surface area contributed by atoms with Gasteiger partial charge in [-0.2, -0.15) is 0 Å². The fraction of sp³-hybridized carbons (Fsp3) is 0.500. The van der Waals surface area contributed by atoms with Crippen molar-refractivity contribution in [3.8, 4) is 11.5 Å². The van der Waals surface area contributed by atoms with Crippen molar-refractivity contribution in [2.75, 3.05) is 45.8 Å². The summed E-state index contributed by atoms with van der Waals surface area (Å²) >= 11 is 0. The largest absolute Gasteiger partial charge is 0.493 e. The minimum atomic E-state index is -0.122.